The Kier molecular flexibility index (Phi) is 4.73. The van der Waals surface area contributed by atoms with Gasteiger partial charge in [-0.1, -0.05) is 12.1 Å². The van der Waals surface area contributed by atoms with Crippen molar-refractivity contribution >= 4 is 11.5 Å². The number of carbonyl (C=O) groups excluding carboxylic acids is 1. The van der Waals surface area contributed by atoms with Crippen molar-refractivity contribution in [2.45, 2.75) is 6.54 Å². The standard InChI is InChI=1S/C15H15N3O3/c1-17(10-12-5-7-16-8-6-12)11-15(19)13-3-2-4-14(9-13)18(20)21/h2-9H,10-11H2,1H3. The Bertz CT molecular complexity index is 644. The quantitative estimate of drug-likeness (QED) is 0.462. The Morgan fingerprint density at radius 1 is 1.29 bits per heavy atom. The van der Waals surface area contributed by atoms with Crippen LogP contribution in [0, 0.1) is 10.1 Å². The maximum atomic E-state index is 12.1. The number of non-ortho nitro benzene ring substituents is 1. The zero-order valence-corrected chi connectivity index (χ0v) is 11.6. The van der Waals surface area contributed by atoms with Crippen LogP contribution in [0.15, 0.2) is 48.8 Å². The van der Waals surface area contributed by atoms with Crippen molar-refractivity contribution in [3.05, 3.63) is 70.0 Å². The number of rotatable bonds is 6. The van der Waals surface area contributed by atoms with Gasteiger partial charge in [-0.15, -0.1) is 0 Å². The van der Waals surface area contributed by atoms with E-state index in [-0.39, 0.29) is 18.0 Å². The smallest absolute Gasteiger partial charge is 0.270 e. The zero-order chi connectivity index (χ0) is 15.2. The third-order valence-corrected chi connectivity index (χ3v) is 2.99. The molecule has 0 aliphatic rings. The highest BCUT2D eigenvalue weighted by atomic mass is 16.6. The first-order valence-electron chi connectivity index (χ1n) is 6.41. The average molecular weight is 285 g/mol. The molecule has 1 heterocycles. The SMILES string of the molecule is CN(CC(=O)c1cccc([N+](=O)[O-])c1)Cc1ccncc1. The summed E-state index contributed by atoms with van der Waals surface area (Å²) < 4.78 is 0. The normalized spacial score (nSPS) is 10.6. The number of nitrogens with zero attached hydrogens (tertiary/aromatic N) is 3. The van der Waals surface area contributed by atoms with Crippen molar-refractivity contribution in [1.82, 2.24) is 9.88 Å². The average Bonchev–Trinajstić information content (AvgIpc) is 2.48. The molecule has 0 spiro atoms. The van der Waals surface area contributed by atoms with Crippen LogP contribution < -0.4 is 0 Å². The number of nitro groups is 1. The number of nitro benzene ring substituents is 1. The monoisotopic (exact) mass is 285 g/mol. The van der Waals surface area contributed by atoms with Crippen LogP contribution in [-0.4, -0.2) is 34.2 Å². The number of carbonyl (C=O) groups is 1. The van der Waals surface area contributed by atoms with E-state index in [9.17, 15) is 14.9 Å². The molecule has 0 radical (unpaired) electrons. The Hall–Kier alpha value is -2.60. The molecule has 0 saturated heterocycles. The second-order valence-corrected chi connectivity index (χ2v) is 4.76. The van der Waals surface area contributed by atoms with Crippen molar-refractivity contribution in [1.29, 1.82) is 0 Å². The molecule has 0 bridgehead atoms. The summed E-state index contributed by atoms with van der Waals surface area (Å²) >= 11 is 0. The second-order valence-electron chi connectivity index (χ2n) is 4.76. The van der Waals surface area contributed by atoms with E-state index < -0.39 is 4.92 Å². The van der Waals surface area contributed by atoms with Gasteiger partial charge in [-0.2, -0.15) is 0 Å². The van der Waals surface area contributed by atoms with E-state index in [1.807, 2.05) is 24.1 Å². The maximum Gasteiger partial charge on any atom is 0.270 e. The molecule has 108 valence electrons. The van der Waals surface area contributed by atoms with Gasteiger partial charge < -0.3 is 0 Å². The highest BCUT2D eigenvalue weighted by molar-refractivity contribution is 5.98. The number of benzene rings is 1. The fourth-order valence-corrected chi connectivity index (χ4v) is 1.99. The van der Waals surface area contributed by atoms with Gasteiger partial charge in [-0.25, -0.2) is 0 Å². The molecule has 6 heteroatoms. The lowest BCUT2D eigenvalue weighted by atomic mass is 10.1. The Labute approximate surface area is 122 Å². The number of aromatic nitrogens is 1. The van der Waals surface area contributed by atoms with Crippen molar-refractivity contribution < 1.29 is 9.72 Å². The lowest BCUT2D eigenvalue weighted by Crippen LogP contribution is -2.25. The van der Waals surface area contributed by atoms with E-state index in [4.69, 9.17) is 0 Å². The highest BCUT2D eigenvalue weighted by Gasteiger charge is 2.13. The van der Waals surface area contributed by atoms with Crippen LogP contribution in [0.2, 0.25) is 0 Å². The molecule has 1 aromatic carbocycles. The summed E-state index contributed by atoms with van der Waals surface area (Å²) in [4.78, 5) is 28.2. The van der Waals surface area contributed by atoms with Gasteiger partial charge >= 0.3 is 0 Å². The van der Waals surface area contributed by atoms with Crippen LogP contribution in [0.3, 0.4) is 0 Å². The number of ketones is 1. The fourth-order valence-electron chi connectivity index (χ4n) is 1.99. The third kappa shape index (κ3) is 4.19. The number of likely N-dealkylation sites (N-methyl/N-ethyl adjacent to an activating group) is 1. The van der Waals surface area contributed by atoms with E-state index in [2.05, 4.69) is 4.98 Å². The molecule has 0 atom stereocenters. The first-order chi connectivity index (χ1) is 10.1. The Morgan fingerprint density at radius 3 is 2.67 bits per heavy atom. The van der Waals surface area contributed by atoms with Gasteiger partial charge in [-0.05, 0) is 24.7 Å². The van der Waals surface area contributed by atoms with Crippen LogP contribution in [0.5, 0.6) is 0 Å². The minimum Gasteiger partial charge on any atom is -0.295 e. The molecular formula is C15H15N3O3. The summed E-state index contributed by atoms with van der Waals surface area (Å²) in [6.45, 7) is 0.812. The van der Waals surface area contributed by atoms with Gasteiger partial charge in [0.15, 0.2) is 5.78 Å². The van der Waals surface area contributed by atoms with Crippen molar-refractivity contribution in [3.8, 4) is 0 Å². The summed E-state index contributed by atoms with van der Waals surface area (Å²) in [6, 6.07) is 9.56. The minimum absolute atomic E-state index is 0.0716. The van der Waals surface area contributed by atoms with Crippen molar-refractivity contribution in [3.63, 3.8) is 0 Å². The van der Waals surface area contributed by atoms with Gasteiger partial charge in [0.05, 0.1) is 11.5 Å². The molecule has 1 aromatic heterocycles. The predicted molar refractivity (Wildman–Crippen MR) is 78.0 cm³/mol. The highest BCUT2D eigenvalue weighted by Crippen LogP contribution is 2.14. The number of Topliss-reactive ketones (excluding diaryl/α,β-unsaturated/α-hetero) is 1. The topological polar surface area (TPSA) is 76.3 Å². The van der Waals surface area contributed by atoms with Crippen LogP contribution in [0.1, 0.15) is 15.9 Å². The molecule has 2 aromatic rings. The van der Waals surface area contributed by atoms with Gasteiger partial charge in [0.2, 0.25) is 0 Å². The van der Waals surface area contributed by atoms with Crippen molar-refractivity contribution in [2.24, 2.45) is 0 Å². The summed E-state index contributed by atoms with van der Waals surface area (Å²) in [5, 5.41) is 10.7. The molecule has 0 amide bonds. The zero-order valence-electron chi connectivity index (χ0n) is 11.6. The molecule has 0 N–H and O–H groups in total. The largest absolute Gasteiger partial charge is 0.295 e. The second kappa shape index (κ2) is 6.71. The van der Waals surface area contributed by atoms with Crippen LogP contribution in [0.4, 0.5) is 5.69 Å². The van der Waals surface area contributed by atoms with Gasteiger partial charge in [0.1, 0.15) is 0 Å². The molecule has 21 heavy (non-hydrogen) atoms. The number of hydrogen-bond acceptors (Lipinski definition) is 5. The van der Waals surface area contributed by atoms with E-state index in [1.165, 1.54) is 18.2 Å². The molecule has 0 saturated carbocycles. The Balaban J connectivity index is 2.01. The minimum atomic E-state index is -0.503. The first kappa shape index (κ1) is 14.8. The lowest BCUT2D eigenvalue weighted by Gasteiger charge is -2.15. The van der Waals surface area contributed by atoms with Gasteiger partial charge in [0, 0.05) is 36.6 Å². The van der Waals surface area contributed by atoms with Crippen LogP contribution in [0.25, 0.3) is 0 Å². The number of hydrogen-bond donors (Lipinski definition) is 0. The summed E-state index contributed by atoms with van der Waals surface area (Å²) in [7, 11) is 1.83. The number of pyridine rings is 1. The van der Waals surface area contributed by atoms with E-state index in [0.29, 0.717) is 12.1 Å². The Morgan fingerprint density at radius 2 is 2.00 bits per heavy atom. The summed E-state index contributed by atoms with van der Waals surface area (Å²) in [5.74, 6) is -0.143. The molecule has 0 aliphatic carbocycles. The van der Waals surface area contributed by atoms with Crippen molar-refractivity contribution in [2.75, 3.05) is 13.6 Å². The summed E-state index contributed by atoms with van der Waals surface area (Å²) in [5.41, 5.74) is 1.34. The maximum absolute atomic E-state index is 12.1. The summed E-state index contributed by atoms with van der Waals surface area (Å²) in [6.07, 6.45) is 3.40. The van der Waals surface area contributed by atoms with E-state index >= 15 is 0 Å². The molecule has 2 rings (SSSR count). The molecule has 0 fully saturated rings. The molecule has 6 nitrogen and oxygen atoms in total. The first-order valence-corrected chi connectivity index (χ1v) is 6.41. The van der Waals surface area contributed by atoms with Crippen LogP contribution >= 0.6 is 0 Å². The van der Waals surface area contributed by atoms with Crippen LogP contribution in [-0.2, 0) is 6.54 Å². The van der Waals surface area contributed by atoms with Gasteiger partial charge in [0.25, 0.3) is 5.69 Å². The van der Waals surface area contributed by atoms with Gasteiger partial charge in [-0.3, -0.25) is 24.8 Å². The lowest BCUT2D eigenvalue weighted by molar-refractivity contribution is -0.384. The molecule has 0 aliphatic heterocycles. The third-order valence-electron chi connectivity index (χ3n) is 2.99. The van der Waals surface area contributed by atoms with E-state index in [1.54, 1.807) is 18.5 Å². The predicted octanol–water partition coefficient (Wildman–Crippen LogP) is 2.30. The van der Waals surface area contributed by atoms with E-state index in [0.717, 1.165) is 5.56 Å². The fraction of sp³-hybridized carbons (Fsp3) is 0.200. The molecular weight excluding hydrogens is 270 g/mol. The molecule has 0 unspecified atom stereocenters.